The lowest BCUT2D eigenvalue weighted by Crippen LogP contribution is -2.27. The van der Waals surface area contributed by atoms with Gasteiger partial charge in [-0.25, -0.2) is 0 Å². The van der Waals surface area contributed by atoms with Gasteiger partial charge in [-0.3, -0.25) is 4.79 Å². The zero-order valence-electron chi connectivity index (χ0n) is 21.0. The van der Waals surface area contributed by atoms with Crippen molar-refractivity contribution in [2.75, 3.05) is 11.9 Å². The van der Waals surface area contributed by atoms with Crippen LogP contribution >= 0.6 is 23.2 Å². The summed E-state index contributed by atoms with van der Waals surface area (Å²) in [5.41, 5.74) is 5.97. The van der Waals surface area contributed by atoms with Crippen LogP contribution in [0, 0.1) is 0 Å². The Hall–Kier alpha value is -3.47. The summed E-state index contributed by atoms with van der Waals surface area (Å²) in [6, 6.07) is 23.6. The number of ether oxygens (including phenoxy) is 2. The molecule has 0 fully saturated rings. The number of anilines is 1. The maximum absolute atomic E-state index is 13.4. The number of fused-ring (bicyclic) bond motifs is 4. The predicted molar refractivity (Wildman–Crippen MR) is 154 cm³/mol. The van der Waals surface area contributed by atoms with Crippen LogP contribution in [-0.2, 0) is 11.4 Å². The normalized spacial score (nSPS) is 16.6. The van der Waals surface area contributed by atoms with Crippen LogP contribution in [0.1, 0.15) is 48.9 Å². The summed E-state index contributed by atoms with van der Waals surface area (Å²) >= 11 is 12.8. The third-order valence-electron chi connectivity index (χ3n) is 7.24. The molecule has 4 aromatic carbocycles. The second-order valence-electron chi connectivity index (χ2n) is 9.63. The highest BCUT2D eigenvalue weighted by atomic mass is 35.5. The lowest BCUT2D eigenvalue weighted by atomic mass is 9.77. The maximum atomic E-state index is 13.4. The molecule has 4 aromatic rings. The predicted octanol–water partition coefficient (Wildman–Crippen LogP) is 8.80. The Balaban J connectivity index is 1.42. The van der Waals surface area contributed by atoms with Gasteiger partial charge in [0.15, 0.2) is 17.3 Å². The fraction of sp³-hybridized carbons (Fsp3) is 0.219. The van der Waals surface area contributed by atoms with Crippen LogP contribution in [-0.4, -0.2) is 12.4 Å². The van der Waals surface area contributed by atoms with Gasteiger partial charge in [0.2, 0.25) is 0 Å². The van der Waals surface area contributed by atoms with Gasteiger partial charge < -0.3 is 14.8 Å². The molecule has 0 saturated carbocycles. The van der Waals surface area contributed by atoms with E-state index in [0.29, 0.717) is 41.2 Å². The molecule has 0 radical (unpaired) electrons. The van der Waals surface area contributed by atoms with Crippen molar-refractivity contribution in [1.82, 2.24) is 0 Å². The Morgan fingerprint density at radius 2 is 1.76 bits per heavy atom. The maximum Gasteiger partial charge on any atom is 0.180 e. The topological polar surface area (TPSA) is 47.6 Å². The molecule has 1 aliphatic carbocycles. The van der Waals surface area contributed by atoms with E-state index in [9.17, 15) is 4.79 Å². The average molecular weight is 544 g/mol. The minimum absolute atomic E-state index is 0.180. The van der Waals surface area contributed by atoms with E-state index in [2.05, 4.69) is 35.6 Å². The Morgan fingerprint density at radius 1 is 0.947 bits per heavy atom. The number of allylic oxidation sites excluding steroid dienone is 1. The molecule has 4 nitrogen and oxygen atoms in total. The summed E-state index contributed by atoms with van der Waals surface area (Å²) < 4.78 is 12.1. The molecule has 0 spiro atoms. The van der Waals surface area contributed by atoms with Gasteiger partial charge in [0.25, 0.3) is 0 Å². The van der Waals surface area contributed by atoms with Gasteiger partial charge in [0.05, 0.1) is 17.7 Å². The molecule has 0 saturated heterocycles. The molecule has 6 heteroatoms. The molecule has 38 heavy (non-hydrogen) atoms. The first-order chi connectivity index (χ1) is 18.5. The minimum atomic E-state index is -0.325. The van der Waals surface area contributed by atoms with Crippen molar-refractivity contribution in [1.29, 1.82) is 0 Å². The van der Waals surface area contributed by atoms with E-state index in [-0.39, 0.29) is 11.8 Å². The van der Waals surface area contributed by atoms with Gasteiger partial charge in [0, 0.05) is 28.3 Å². The first-order valence-electron chi connectivity index (χ1n) is 12.9. The van der Waals surface area contributed by atoms with Crippen LogP contribution in [0.2, 0.25) is 10.0 Å². The van der Waals surface area contributed by atoms with Gasteiger partial charge in [-0.1, -0.05) is 65.7 Å². The summed E-state index contributed by atoms with van der Waals surface area (Å²) in [5.74, 6) is 1.22. The van der Waals surface area contributed by atoms with E-state index in [1.165, 1.54) is 5.39 Å². The van der Waals surface area contributed by atoms with Gasteiger partial charge in [-0.05, 0) is 77.6 Å². The van der Waals surface area contributed by atoms with Crippen LogP contribution < -0.4 is 14.8 Å². The number of hydrogen-bond donors (Lipinski definition) is 1. The Bertz CT molecular complexity index is 1580. The average Bonchev–Trinajstić information content (AvgIpc) is 2.93. The van der Waals surface area contributed by atoms with Crippen molar-refractivity contribution in [3.8, 4) is 11.5 Å². The molecule has 0 bridgehead atoms. The van der Waals surface area contributed by atoms with Crippen molar-refractivity contribution in [3.05, 3.63) is 105 Å². The summed E-state index contributed by atoms with van der Waals surface area (Å²) in [4.78, 5) is 13.4. The molecule has 2 aliphatic rings. The minimum Gasteiger partial charge on any atom is -0.490 e. The van der Waals surface area contributed by atoms with E-state index in [1.807, 2.05) is 49.4 Å². The van der Waals surface area contributed by atoms with E-state index in [1.54, 1.807) is 0 Å². The summed E-state index contributed by atoms with van der Waals surface area (Å²) in [6.07, 6.45) is 2.27. The molecule has 1 heterocycles. The third kappa shape index (κ3) is 4.53. The zero-order chi connectivity index (χ0) is 26.2. The van der Waals surface area contributed by atoms with E-state index in [4.69, 9.17) is 32.7 Å². The molecule has 192 valence electrons. The smallest absolute Gasteiger partial charge is 0.180 e. The quantitative estimate of drug-likeness (QED) is 0.264. The fourth-order valence-electron chi connectivity index (χ4n) is 5.55. The van der Waals surface area contributed by atoms with Crippen LogP contribution in [0.5, 0.6) is 11.5 Å². The van der Waals surface area contributed by atoms with Crippen LogP contribution in [0.4, 0.5) is 5.69 Å². The monoisotopic (exact) mass is 543 g/mol. The van der Waals surface area contributed by atoms with Crippen molar-refractivity contribution < 1.29 is 14.3 Å². The van der Waals surface area contributed by atoms with Gasteiger partial charge in [-0.15, -0.1) is 0 Å². The van der Waals surface area contributed by atoms with Gasteiger partial charge in [0.1, 0.15) is 6.61 Å². The summed E-state index contributed by atoms with van der Waals surface area (Å²) in [5, 5.41) is 7.11. The van der Waals surface area contributed by atoms with Crippen molar-refractivity contribution in [2.45, 2.75) is 38.8 Å². The molecule has 0 unspecified atom stereocenters. The molecule has 1 aliphatic heterocycles. The zero-order valence-corrected chi connectivity index (χ0v) is 22.5. The number of Topliss-reactive ketones (excluding diaryl/α,β-unsaturated/α-hetero) is 1. The second-order valence-corrected chi connectivity index (χ2v) is 10.5. The largest absolute Gasteiger partial charge is 0.490 e. The molecular formula is C32H27Cl2NO3. The number of rotatable bonds is 6. The molecular weight excluding hydrogens is 517 g/mol. The van der Waals surface area contributed by atoms with Crippen molar-refractivity contribution in [3.63, 3.8) is 0 Å². The second kappa shape index (κ2) is 10.4. The first-order valence-corrected chi connectivity index (χ1v) is 13.7. The summed E-state index contributed by atoms with van der Waals surface area (Å²) in [6.45, 7) is 2.71. The number of nitrogens with one attached hydrogen (secondary N) is 1. The van der Waals surface area contributed by atoms with Crippen LogP contribution in [0.25, 0.3) is 16.3 Å². The highest BCUT2D eigenvalue weighted by molar-refractivity contribution is 6.32. The van der Waals surface area contributed by atoms with Crippen LogP contribution in [0.15, 0.2) is 78.4 Å². The molecule has 1 N–H and O–H groups in total. The highest BCUT2D eigenvalue weighted by Crippen LogP contribution is 2.49. The van der Waals surface area contributed by atoms with E-state index in [0.717, 1.165) is 51.8 Å². The molecule has 1 atom stereocenters. The van der Waals surface area contributed by atoms with E-state index < -0.39 is 0 Å². The fourth-order valence-corrected chi connectivity index (χ4v) is 5.95. The van der Waals surface area contributed by atoms with Gasteiger partial charge >= 0.3 is 0 Å². The number of carbonyl (C=O) groups excluding carboxylic acids is 1. The SMILES string of the molecule is CCOc1cc([C@@H]2Nc3ccc4ccccc4c3C3=C2C(=O)CCC3)cc(Cl)c1OCc1ccc(Cl)cc1. The number of benzene rings is 4. The Morgan fingerprint density at radius 3 is 2.58 bits per heavy atom. The van der Waals surface area contributed by atoms with Gasteiger partial charge in [-0.2, -0.15) is 0 Å². The Labute approximate surface area is 232 Å². The first kappa shape index (κ1) is 24.8. The number of ketones is 1. The lowest BCUT2D eigenvalue weighted by Gasteiger charge is -2.35. The van der Waals surface area contributed by atoms with Crippen molar-refractivity contribution >= 4 is 51.0 Å². The number of halogens is 2. The molecule has 6 rings (SSSR count). The molecule has 0 aromatic heterocycles. The summed E-state index contributed by atoms with van der Waals surface area (Å²) in [7, 11) is 0. The lowest BCUT2D eigenvalue weighted by molar-refractivity contribution is -0.116. The number of carbonyl (C=O) groups is 1. The van der Waals surface area contributed by atoms with Crippen LogP contribution in [0.3, 0.4) is 0 Å². The van der Waals surface area contributed by atoms with Crippen molar-refractivity contribution in [2.24, 2.45) is 0 Å². The number of hydrogen-bond acceptors (Lipinski definition) is 4. The highest BCUT2D eigenvalue weighted by Gasteiger charge is 2.35. The standard InChI is InChI=1S/C32H27Cl2NO3/c1-2-37-28-17-21(16-25(34)32(28)38-18-19-10-13-22(33)14-11-19)31-30-24(8-5-9-27(30)36)29-23-7-4-3-6-20(23)12-15-26(29)35-31/h3-4,6-7,10-17,31,35H,2,5,8-9,18H2,1H3/t31-/m0/s1. The third-order valence-corrected chi connectivity index (χ3v) is 7.77. The van der Waals surface area contributed by atoms with E-state index >= 15 is 0 Å². The molecule has 0 amide bonds. The Kier molecular flexibility index (Phi) is 6.77.